The number of rotatable bonds is 1. The van der Waals surface area contributed by atoms with Gasteiger partial charge in [0.1, 0.15) is 6.10 Å². The summed E-state index contributed by atoms with van der Waals surface area (Å²) in [7, 11) is 0. The summed E-state index contributed by atoms with van der Waals surface area (Å²) in [6, 6.07) is 1.93. The van der Waals surface area contributed by atoms with Crippen LogP contribution in [0.2, 0.25) is 0 Å². The predicted octanol–water partition coefficient (Wildman–Crippen LogP) is 2.78. The van der Waals surface area contributed by atoms with Gasteiger partial charge in [-0.1, -0.05) is 15.9 Å². The molecule has 1 atom stereocenters. The second-order valence-corrected chi connectivity index (χ2v) is 4.50. The van der Waals surface area contributed by atoms with Crippen LogP contribution in [0.3, 0.4) is 0 Å². The first-order chi connectivity index (χ1) is 7.18. The van der Waals surface area contributed by atoms with Crippen molar-refractivity contribution in [3.8, 4) is 0 Å². The molecule has 1 aromatic rings. The van der Waals surface area contributed by atoms with Crippen LogP contribution in [0.1, 0.15) is 37.1 Å². The normalized spacial score (nSPS) is 19.5. The van der Waals surface area contributed by atoms with Gasteiger partial charge in [0, 0.05) is 17.6 Å². The summed E-state index contributed by atoms with van der Waals surface area (Å²) in [6.07, 6.45) is 4.49. The SMILES string of the molecule is CC(=O)OC1CCCc2c(Br)ccnc21. The van der Waals surface area contributed by atoms with Crippen LogP contribution >= 0.6 is 15.9 Å². The second-order valence-electron chi connectivity index (χ2n) is 3.65. The number of esters is 1. The highest BCUT2D eigenvalue weighted by molar-refractivity contribution is 9.10. The van der Waals surface area contributed by atoms with E-state index in [0.717, 1.165) is 29.4 Å². The summed E-state index contributed by atoms with van der Waals surface area (Å²) in [4.78, 5) is 15.3. The number of nitrogens with zero attached hydrogens (tertiary/aromatic N) is 1. The van der Waals surface area contributed by atoms with Crippen molar-refractivity contribution in [2.45, 2.75) is 32.3 Å². The molecule has 2 rings (SSSR count). The van der Waals surface area contributed by atoms with Gasteiger partial charge in [-0.3, -0.25) is 9.78 Å². The van der Waals surface area contributed by atoms with Crippen LogP contribution in [0.5, 0.6) is 0 Å². The zero-order chi connectivity index (χ0) is 10.8. The van der Waals surface area contributed by atoms with E-state index in [-0.39, 0.29) is 12.1 Å². The van der Waals surface area contributed by atoms with E-state index in [4.69, 9.17) is 4.74 Å². The zero-order valence-electron chi connectivity index (χ0n) is 8.50. The lowest BCUT2D eigenvalue weighted by Crippen LogP contribution is -2.17. The molecule has 1 unspecified atom stereocenters. The molecule has 15 heavy (non-hydrogen) atoms. The molecule has 1 heterocycles. The first-order valence-corrected chi connectivity index (χ1v) is 5.78. The van der Waals surface area contributed by atoms with Gasteiger partial charge in [0.15, 0.2) is 0 Å². The smallest absolute Gasteiger partial charge is 0.303 e. The molecule has 0 saturated heterocycles. The Hall–Kier alpha value is -0.900. The highest BCUT2D eigenvalue weighted by Crippen LogP contribution is 2.34. The van der Waals surface area contributed by atoms with E-state index in [1.807, 2.05) is 6.07 Å². The van der Waals surface area contributed by atoms with E-state index in [2.05, 4.69) is 20.9 Å². The first kappa shape index (κ1) is 10.6. The number of hydrogen-bond donors (Lipinski definition) is 0. The van der Waals surface area contributed by atoms with Gasteiger partial charge in [-0.25, -0.2) is 0 Å². The Morgan fingerprint density at radius 3 is 3.20 bits per heavy atom. The minimum Gasteiger partial charge on any atom is -0.456 e. The fraction of sp³-hybridized carbons (Fsp3) is 0.455. The van der Waals surface area contributed by atoms with E-state index in [1.54, 1.807) is 6.20 Å². The number of ether oxygens (including phenoxy) is 1. The van der Waals surface area contributed by atoms with Crippen molar-refractivity contribution in [3.05, 3.63) is 28.0 Å². The molecule has 1 aliphatic carbocycles. The summed E-state index contributed by atoms with van der Waals surface area (Å²) >= 11 is 3.50. The van der Waals surface area contributed by atoms with Crippen molar-refractivity contribution >= 4 is 21.9 Å². The number of aromatic nitrogens is 1. The quantitative estimate of drug-likeness (QED) is 0.736. The van der Waals surface area contributed by atoms with Gasteiger partial charge in [0.2, 0.25) is 0 Å². The molecule has 0 aromatic carbocycles. The van der Waals surface area contributed by atoms with Gasteiger partial charge < -0.3 is 4.74 Å². The number of pyridine rings is 1. The summed E-state index contributed by atoms with van der Waals surface area (Å²) in [5, 5.41) is 0. The third-order valence-electron chi connectivity index (χ3n) is 2.54. The summed E-state index contributed by atoms with van der Waals surface area (Å²) < 4.78 is 6.31. The Balaban J connectivity index is 2.34. The highest BCUT2D eigenvalue weighted by Gasteiger charge is 2.25. The Labute approximate surface area is 97.0 Å². The lowest BCUT2D eigenvalue weighted by Gasteiger charge is -2.24. The van der Waals surface area contributed by atoms with Gasteiger partial charge in [-0.2, -0.15) is 0 Å². The van der Waals surface area contributed by atoms with Crippen LogP contribution in [0, 0.1) is 0 Å². The first-order valence-electron chi connectivity index (χ1n) is 4.99. The zero-order valence-corrected chi connectivity index (χ0v) is 10.1. The molecular formula is C11H12BrNO2. The molecule has 1 aliphatic rings. The van der Waals surface area contributed by atoms with E-state index in [9.17, 15) is 4.79 Å². The predicted molar refractivity (Wildman–Crippen MR) is 59.4 cm³/mol. The highest BCUT2D eigenvalue weighted by atomic mass is 79.9. The molecule has 0 saturated carbocycles. The van der Waals surface area contributed by atoms with Crippen molar-refractivity contribution < 1.29 is 9.53 Å². The van der Waals surface area contributed by atoms with Crippen LogP contribution in [0.25, 0.3) is 0 Å². The Morgan fingerprint density at radius 2 is 2.47 bits per heavy atom. The van der Waals surface area contributed by atoms with Gasteiger partial charge in [0.05, 0.1) is 5.69 Å². The second kappa shape index (κ2) is 4.31. The van der Waals surface area contributed by atoms with Crippen LogP contribution in [-0.2, 0) is 16.0 Å². The standard InChI is InChI=1S/C11H12BrNO2/c1-7(14)15-10-4-2-3-8-9(12)5-6-13-11(8)10/h5-6,10H,2-4H2,1H3. The number of carbonyl (C=O) groups is 1. The molecule has 0 N–H and O–H groups in total. The van der Waals surface area contributed by atoms with Crippen molar-refractivity contribution in [2.75, 3.05) is 0 Å². The Morgan fingerprint density at radius 1 is 1.67 bits per heavy atom. The van der Waals surface area contributed by atoms with E-state index in [1.165, 1.54) is 12.5 Å². The van der Waals surface area contributed by atoms with Crippen molar-refractivity contribution in [1.29, 1.82) is 0 Å². The largest absolute Gasteiger partial charge is 0.456 e. The molecular weight excluding hydrogens is 258 g/mol. The molecule has 0 amide bonds. The summed E-state index contributed by atoms with van der Waals surface area (Å²) in [6.45, 7) is 1.44. The summed E-state index contributed by atoms with van der Waals surface area (Å²) in [5.74, 6) is -0.241. The van der Waals surface area contributed by atoms with E-state index in [0.29, 0.717) is 0 Å². The number of hydrogen-bond acceptors (Lipinski definition) is 3. The molecule has 0 fully saturated rings. The summed E-state index contributed by atoms with van der Waals surface area (Å²) in [5.41, 5.74) is 2.08. The molecule has 0 radical (unpaired) electrons. The van der Waals surface area contributed by atoms with Crippen LogP contribution in [0.15, 0.2) is 16.7 Å². The monoisotopic (exact) mass is 269 g/mol. The number of carbonyl (C=O) groups excluding carboxylic acids is 1. The minimum absolute atomic E-state index is 0.163. The van der Waals surface area contributed by atoms with Gasteiger partial charge in [-0.15, -0.1) is 0 Å². The third-order valence-corrected chi connectivity index (χ3v) is 3.28. The Bertz CT molecular complexity index is 392. The number of halogens is 1. The van der Waals surface area contributed by atoms with E-state index < -0.39 is 0 Å². The average Bonchev–Trinajstić information content (AvgIpc) is 2.19. The molecule has 3 nitrogen and oxygen atoms in total. The lowest BCUT2D eigenvalue weighted by atomic mass is 9.94. The van der Waals surface area contributed by atoms with Gasteiger partial charge in [0.25, 0.3) is 0 Å². The molecule has 0 spiro atoms. The third kappa shape index (κ3) is 2.20. The fourth-order valence-corrected chi connectivity index (χ4v) is 2.44. The topological polar surface area (TPSA) is 39.2 Å². The van der Waals surface area contributed by atoms with Crippen LogP contribution in [-0.4, -0.2) is 11.0 Å². The average molecular weight is 270 g/mol. The van der Waals surface area contributed by atoms with Gasteiger partial charge in [-0.05, 0) is 30.9 Å². The van der Waals surface area contributed by atoms with Gasteiger partial charge >= 0.3 is 5.97 Å². The van der Waals surface area contributed by atoms with Crippen LogP contribution < -0.4 is 0 Å². The molecule has 0 bridgehead atoms. The van der Waals surface area contributed by atoms with Crippen molar-refractivity contribution in [3.63, 3.8) is 0 Å². The minimum atomic E-state index is -0.241. The van der Waals surface area contributed by atoms with E-state index >= 15 is 0 Å². The van der Waals surface area contributed by atoms with Crippen LogP contribution in [0.4, 0.5) is 0 Å². The molecule has 0 aliphatic heterocycles. The fourth-order valence-electron chi connectivity index (χ4n) is 1.92. The molecule has 80 valence electrons. The lowest BCUT2D eigenvalue weighted by molar-refractivity contribution is -0.147. The molecule has 4 heteroatoms. The number of fused-ring (bicyclic) bond motifs is 1. The van der Waals surface area contributed by atoms with Crippen molar-refractivity contribution in [1.82, 2.24) is 4.98 Å². The maximum absolute atomic E-state index is 10.9. The molecule has 1 aromatic heterocycles. The maximum Gasteiger partial charge on any atom is 0.303 e. The Kier molecular flexibility index (Phi) is 3.05. The van der Waals surface area contributed by atoms with Crippen molar-refractivity contribution in [2.24, 2.45) is 0 Å². The maximum atomic E-state index is 10.9.